The standard InChI is InChI=1S/C6H11NO/c7-5-1-3-6(8)4-2-5/h3,5,8H,1-2,4,7H2. The van der Waals surface area contributed by atoms with Gasteiger partial charge in [-0.15, -0.1) is 0 Å². The fraction of sp³-hybridized carbons (Fsp3) is 0.667. The molecule has 0 saturated carbocycles. The maximum Gasteiger partial charge on any atom is 0.0884 e. The van der Waals surface area contributed by atoms with Gasteiger partial charge in [-0.25, -0.2) is 0 Å². The van der Waals surface area contributed by atoms with E-state index in [0.717, 1.165) is 19.3 Å². The maximum absolute atomic E-state index is 8.83. The molecule has 0 bridgehead atoms. The Balaban J connectivity index is 2.42. The van der Waals surface area contributed by atoms with E-state index >= 15 is 0 Å². The summed E-state index contributed by atoms with van der Waals surface area (Å²) in [7, 11) is 0. The van der Waals surface area contributed by atoms with Crippen LogP contribution in [0.2, 0.25) is 0 Å². The van der Waals surface area contributed by atoms with E-state index in [4.69, 9.17) is 10.8 Å². The summed E-state index contributed by atoms with van der Waals surface area (Å²) in [6, 6.07) is 0.283. The molecule has 0 aromatic carbocycles. The van der Waals surface area contributed by atoms with Crippen LogP contribution in [0, 0.1) is 0 Å². The molecule has 1 unspecified atom stereocenters. The first kappa shape index (κ1) is 5.63. The van der Waals surface area contributed by atoms with Crippen molar-refractivity contribution >= 4 is 0 Å². The Bertz CT molecular complexity index is 109. The van der Waals surface area contributed by atoms with E-state index in [9.17, 15) is 0 Å². The number of aliphatic hydroxyl groups is 1. The van der Waals surface area contributed by atoms with E-state index in [2.05, 4.69) is 0 Å². The van der Waals surface area contributed by atoms with E-state index in [-0.39, 0.29) is 6.04 Å². The lowest BCUT2D eigenvalue weighted by Gasteiger charge is -2.13. The number of aliphatic hydroxyl groups excluding tert-OH is 1. The molecular formula is C6H11NO. The number of allylic oxidation sites excluding steroid dienone is 1. The van der Waals surface area contributed by atoms with Crippen LogP contribution < -0.4 is 5.73 Å². The Hall–Kier alpha value is -0.500. The van der Waals surface area contributed by atoms with Crippen molar-refractivity contribution in [3.8, 4) is 0 Å². The molecule has 0 heterocycles. The van der Waals surface area contributed by atoms with Crippen LogP contribution in [0.25, 0.3) is 0 Å². The van der Waals surface area contributed by atoms with E-state index in [1.54, 1.807) is 6.08 Å². The molecule has 1 aliphatic rings. The van der Waals surface area contributed by atoms with Crippen molar-refractivity contribution < 1.29 is 5.11 Å². The molecule has 1 aliphatic carbocycles. The van der Waals surface area contributed by atoms with Crippen molar-refractivity contribution in [2.75, 3.05) is 0 Å². The van der Waals surface area contributed by atoms with Gasteiger partial charge in [-0.1, -0.05) is 0 Å². The van der Waals surface area contributed by atoms with E-state index in [0.29, 0.717) is 5.76 Å². The molecule has 0 aromatic rings. The molecule has 2 nitrogen and oxygen atoms in total. The first-order valence-electron chi connectivity index (χ1n) is 2.92. The Morgan fingerprint density at radius 1 is 1.75 bits per heavy atom. The summed E-state index contributed by atoms with van der Waals surface area (Å²) in [6.07, 6.45) is 4.34. The van der Waals surface area contributed by atoms with Crippen LogP contribution in [0.4, 0.5) is 0 Å². The summed E-state index contributed by atoms with van der Waals surface area (Å²) >= 11 is 0. The highest BCUT2D eigenvalue weighted by Crippen LogP contribution is 2.13. The molecule has 3 N–H and O–H groups in total. The highest BCUT2D eigenvalue weighted by molar-refractivity contribution is 4.98. The van der Waals surface area contributed by atoms with Gasteiger partial charge in [-0.3, -0.25) is 0 Å². The summed E-state index contributed by atoms with van der Waals surface area (Å²) in [6.45, 7) is 0. The van der Waals surface area contributed by atoms with Crippen LogP contribution in [-0.2, 0) is 0 Å². The quantitative estimate of drug-likeness (QED) is 0.491. The second kappa shape index (κ2) is 2.18. The third-order valence-electron chi connectivity index (χ3n) is 1.43. The van der Waals surface area contributed by atoms with Crippen LogP contribution in [0.5, 0.6) is 0 Å². The molecule has 1 atom stereocenters. The fourth-order valence-corrected chi connectivity index (χ4v) is 0.841. The zero-order valence-corrected chi connectivity index (χ0v) is 4.80. The summed E-state index contributed by atoms with van der Waals surface area (Å²) < 4.78 is 0. The van der Waals surface area contributed by atoms with Gasteiger partial charge in [0.25, 0.3) is 0 Å². The third-order valence-corrected chi connectivity index (χ3v) is 1.43. The zero-order valence-electron chi connectivity index (χ0n) is 4.80. The Kier molecular flexibility index (Phi) is 1.53. The molecule has 0 amide bonds. The molecule has 0 aromatic heterocycles. The predicted molar refractivity (Wildman–Crippen MR) is 32.5 cm³/mol. The number of hydrogen-bond donors (Lipinski definition) is 2. The second-order valence-corrected chi connectivity index (χ2v) is 2.23. The van der Waals surface area contributed by atoms with Crippen LogP contribution in [0.15, 0.2) is 11.8 Å². The smallest absolute Gasteiger partial charge is 0.0884 e. The van der Waals surface area contributed by atoms with Crippen LogP contribution >= 0.6 is 0 Å². The lowest BCUT2D eigenvalue weighted by Crippen LogP contribution is -2.21. The Morgan fingerprint density at radius 3 is 2.88 bits per heavy atom. The van der Waals surface area contributed by atoms with Crippen molar-refractivity contribution in [2.24, 2.45) is 5.73 Å². The lowest BCUT2D eigenvalue weighted by atomic mass is 10.0. The van der Waals surface area contributed by atoms with Gasteiger partial charge < -0.3 is 10.8 Å². The highest BCUT2D eigenvalue weighted by atomic mass is 16.3. The summed E-state index contributed by atoms with van der Waals surface area (Å²) in [5.74, 6) is 0.506. The van der Waals surface area contributed by atoms with Gasteiger partial charge in [0.2, 0.25) is 0 Å². The second-order valence-electron chi connectivity index (χ2n) is 2.23. The van der Waals surface area contributed by atoms with E-state index in [1.165, 1.54) is 0 Å². The topological polar surface area (TPSA) is 46.2 Å². The van der Waals surface area contributed by atoms with Crippen molar-refractivity contribution in [3.63, 3.8) is 0 Å². The monoisotopic (exact) mass is 113 g/mol. The minimum absolute atomic E-state index is 0.283. The average Bonchev–Trinajstić information content (AvgIpc) is 1.77. The molecule has 46 valence electrons. The van der Waals surface area contributed by atoms with Crippen molar-refractivity contribution in [3.05, 3.63) is 11.8 Å². The minimum Gasteiger partial charge on any atom is -0.513 e. The van der Waals surface area contributed by atoms with Crippen LogP contribution in [0.3, 0.4) is 0 Å². The van der Waals surface area contributed by atoms with E-state index < -0.39 is 0 Å². The van der Waals surface area contributed by atoms with Crippen LogP contribution in [-0.4, -0.2) is 11.1 Å². The van der Waals surface area contributed by atoms with Crippen molar-refractivity contribution in [2.45, 2.75) is 25.3 Å². The number of nitrogens with two attached hydrogens (primary N) is 1. The average molecular weight is 113 g/mol. The van der Waals surface area contributed by atoms with Gasteiger partial charge in [0.1, 0.15) is 0 Å². The Labute approximate surface area is 49.0 Å². The summed E-state index contributed by atoms with van der Waals surface area (Å²) in [4.78, 5) is 0. The van der Waals surface area contributed by atoms with Crippen LogP contribution in [0.1, 0.15) is 19.3 Å². The maximum atomic E-state index is 8.83. The highest BCUT2D eigenvalue weighted by Gasteiger charge is 2.07. The zero-order chi connectivity index (χ0) is 5.98. The molecule has 0 aliphatic heterocycles. The predicted octanol–water partition coefficient (Wildman–Crippen LogP) is 0.940. The van der Waals surface area contributed by atoms with Gasteiger partial charge in [0, 0.05) is 12.5 Å². The van der Waals surface area contributed by atoms with Gasteiger partial charge in [0.15, 0.2) is 0 Å². The molecule has 0 saturated heterocycles. The first-order chi connectivity index (χ1) is 3.79. The molecule has 0 spiro atoms. The van der Waals surface area contributed by atoms with Crippen molar-refractivity contribution in [1.29, 1.82) is 0 Å². The molecule has 8 heavy (non-hydrogen) atoms. The minimum atomic E-state index is 0.283. The third kappa shape index (κ3) is 1.23. The largest absolute Gasteiger partial charge is 0.513 e. The summed E-state index contributed by atoms with van der Waals surface area (Å²) in [5, 5.41) is 8.83. The number of rotatable bonds is 0. The molecule has 2 heteroatoms. The lowest BCUT2D eigenvalue weighted by molar-refractivity contribution is 0.358. The van der Waals surface area contributed by atoms with E-state index in [1.807, 2.05) is 0 Å². The molecule has 0 radical (unpaired) electrons. The molecular weight excluding hydrogens is 102 g/mol. The van der Waals surface area contributed by atoms with Crippen molar-refractivity contribution in [1.82, 2.24) is 0 Å². The summed E-state index contributed by atoms with van der Waals surface area (Å²) in [5.41, 5.74) is 5.54. The first-order valence-corrected chi connectivity index (χ1v) is 2.92. The van der Waals surface area contributed by atoms with Gasteiger partial charge in [-0.2, -0.15) is 0 Å². The number of hydrogen-bond acceptors (Lipinski definition) is 2. The normalized spacial score (nSPS) is 29.6. The fourth-order valence-electron chi connectivity index (χ4n) is 0.841. The van der Waals surface area contributed by atoms with Gasteiger partial charge in [0.05, 0.1) is 5.76 Å². The Morgan fingerprint density at radius 2 is 2.50 bits per heavy atom. The SMILES string of the molecule is NC1CC=C(O)CC1. The van der Waals surface area contributed by atoms with Gasteiger partial charge in [-0.05, 0) is 18.9 Å². The molecule has 1 rings (SSSR count). The molecule has 0 fully saturated rings. The van der Waals surface area contributed by atoms with Gasteiger partial charge >= 0.3 is 0 Å².